The molecule has 0 aromatic carbocycles. The third kappa shape index (κ3) is 6.40. The normalized spacial score (nSPS) is 20.1. The maximum absolute atomic E-state index is 11.8. The Balaban J connectivity index is 2.48. The van der Waals surface area contributed by atoms with E-state index in [1.165, 1.54) is 0 Å². The largest absolute Gasteiger partial charge is 0.481 e. The lowest BCUT2D eigenvalue weighted by Gasteiger charge is -2.26. The van der Waals surface area contributed by atoms with Crippen molar-refractivity contribution in [3.8, 4) is 0 Å². The van der Waals surface area contributed by atoms with Gasteiger partial charge in [0, 0.05) is 19.0 Å². The van der Waals surface area contributed by atoms with Gasteiger partial charge in [0.05, 0.1) is 12.5 Å². The summed E-state index contributed by atoms with van der Waals surface area (Å²) in [6.07, 6.45) is 0.706. The van der Waals surface area contributed by atoms with Crippen molar-refractivity contribution < 1.29 is 19.5 Å². The molecule has 1 rings (SSSR count). The van der Waals surface area contributed by atoms with Crippen LogP contribution in [-0.2, 0) is 9.59 Å². The van der Waals surface area contributed by atoms with Gasteiger partial charge >= 0.3 is 12.0 Å². The number of aliphatic carboxylic acids is 1. The highest BCUT2D eigenvalue weighted by Crippen LogP contribution is 2.22. The fourth-order valence-electron chi connectivity index (χ4n) is 2.24. The van der Waals surface area contributed by atoms with Gasteiger partial charge in [-0.25, -0.2) is 4.79 Å². The molecule has 0 radical (unpaired) electrons. The Labute approximate surface area is 118 Å². The van der Waals surface area contributed by atoms with E-state index in [9.17, 15) is 14.4 Å². The van der Waals surface area contributed by atoms with E-state index in [1.54, 1.807) is 0 Å². The summed E-state index contributed by atoms with van der Waals surface area (Å²) in [7, 11) is 0. The Bertz CT molecular complexity index is 390. The number of carboxylic acid groups (broad SMARTS) is 1. The van der Waals surface area contributed by atoms with Crippen LogP contribution >= 0.6 is 0 Å². The van der Waals surface area contributed by atoms with E-state index in [-0.39, 0.29) is 30.2 Å². The molecule has 114 valence electrons. The minimum absolute atomic E-state index is 0.0850. The summed E-state index contributed by atoms with van der Waals surface area (Å²) in [6, 6.07) is -1.10. The predicted octanol–water partition coefficient (Wildman–Crippen LogP) is 0.454. The second kappa shape index (κ2) is 6.58. The molecule has 1 aliphatic rings. The van der Waals surface area contributed by atoms with Crippen molar-refractivity contribution in [3.63, 3.8) is 0 Å². The van der Waals surface area contributed by atoms with Gasteiger partial charge in [0.15, 0.2) is 0 Å². The topological polar surface area (TPSA) is 108 Å². The number of hydrogen-bond acceptors (Lipinski definition) is 3. The molecule has 0 aromatic heterocycles. The second-order valence-corrected chi connectivity index (χ2v) is 6.38. The van der Waals surface area contributed by atoms with Crippen LogP contribution in [0.15, 0.2) is 0 Å². The number of rotatable bonds is 5. The van der Waals surface area contributed by atoms with E-state index in [0.717, 1.165) is 0 Å². The van der Waals surface area contributed by atoms with Crippen molar-refractivity contribution in [2.75, 3.05) is 6.54 Å². The molecule has 0 aromatic rings. The molecule has 0 saturated carbocycles. The molecule has 0 bridgehead atoms. The number of nitrogens with one attached hydrogen (secondary N) is 3. The maximum atomic E-state index is 11.8. The molecule has 1 fully saturated rings. The lowest BCUT2D eigenvalue weighted by molar-refractivity contribution is -0.137. The van der Waals surface area contributed by atoms with E-state index >= 15 is 0 Å². The van der Waals surface area contributed by atoms with Crippen molar-refractivity contribution in [1.82, 2.24) is 16.0 Å². The molecule has 1 heterocycles. The third-order valence-corrected chi connectivity index (χ3v) is 2.93. The highest BCUT2D eigenvalue weighted by Gasteiger charge is 2.26. The quantitative estimate of drug-likeness (QED) is 0.588. The molecule has 7 heteroatoms. The molecule has 7 nitrogen and oxygen atoms in total. The molecule has 4 N–H and O–H groups in total. The van der Waals surface area contributed by atoms with Gasteiger partial charge in [-0.2, -0.15) is 0 Å². The van der Waals surface area contributed by atoms with E-state index < -0.39 is 18.0 Å². The number of carbonyl (C=O) groups is 3. The van der Waals surface area contributed by atoms with Crippen molar-refractivity contribution >= 4 is 17.9 Å². The van der Waals surface area contributed by atoms with Crippen molar-refractivity contribution in [1.29, 1.82) is 0 Å². The summed E-state index contributed by atoms with van der Waals surface area (Å²) in [5, 5.41) is 16.9. The monoisotopic (exact) mass is 285 g/mol. The van der Waals surface area contributed by atoms with Crippen LogP contribution in [0, 0.1) is 5.41 Å². The summed E-state index contributed by atoms with van der Waals surface area (Å²) < 4.78 is 0. The molecule has 3 amide bonds. The Hall–Kier alpha value is -1.79. The zero-order valence-electron chi connectivity index (χ0n) is 12.2. The SMILES string of the molecule is CC(C)(C)CC(CC(=O)O)NC(=O)NC1CNC(=O)C1. The van der Waals surface area contributed by atoms with Crippen LogP contribution in [0.2, 0.25) is 0 Å². The Morgan fingerprint density at radius 3 is 2.55 bits per heavy atom. The average molecular weight is 285 g/mol. The fourth-order valence-corrected chi connectivity index (χ4v) is 2.24. The molecular weight excluding hydrogens is 262 g/mol. The lowest BCUT2D eigenvalue weighted by atomic mass is 9.87. The molecule has 1 saturated heterocycles. The van der Waals surface area contributed by atoms with Crippen LogP contribution in [0.5, 0.6) is 0 Å². The number of carboxylic acids is 1. The van der Waals surface area contributed by atoms with Gasteiger partial charge in [0.1, 0.15) is 0 Å². The number of amides is 3. The first-order valence-electron chi connectivity index (χ1n) is 6.71. The third-order valence-electron chi connectivity index (χ3n) is 2.93. The molecule has 1 aliphatic heterocycles. The Morgan fingerprint density at radius 1 is 1.45 bits per heavy atom. The van der Waals surface area contributed by atoms with E-state index in [1.807, 2.05) is 20.8 Å². The molecule has 20 heavy (non-hydrogen) atoms. The van der Waals surface area contributed by atoms with Crippen LogP contribution in [0.4, 0.5) is 4.79 Å². The van der Waals surface area contributed by atoms with Crippen LogP contribution < -0.4 is 16.0 Å². The first-order valence-corrected chi connectivity index (χ1v) is 6.71. The molecule has 2 atom stereocenters. The van der Waals surface area contributed by atoms with Gasteiger partial charge in [-0.05, 0) is 11.8 Å². The van der Waals surface area contributed by atoms with Crippen LogP contribution in [0.1, 0.15) is 40.0 Å². The van der Waals surface area contributed by atoms with Gasteiger partial charge in [-0.15, -0.1) is 0 Å². The second-order valence-electron chi connectivity index (χ2n) is 6.38. The highest BCUT2D eigenvalue weighted by atomic mass is 16.4. The van der Waals surface area contributed by atoms with Crippen LogP contribution in [0.25, 0.3) is 0 Å². The average Bonchev–Trinajstić information content (AvgIpc) is 2.59. The van der Waals surface area contributed by atoms with Crippen LogP contribution in [0.3, 0.4) is 0 Å². The van der Waals surface area contributed by atoms with Gasteiger partial charge in [0.2, 0.25) is 5.91 Å². The standard InChI is InChI=1S/C13H23N3O4/c1-13(2,3)6-8(5-11(18)19)15-12(20)16-9-4-10(17)14-7-9/h8-9H,4-7H2,1-3H3,(H,14,17)(H,18,19)(H2,15,16,20). The molecule has 2 unspecified atom stereocenters. The van der Waals surface area contributed by atoms with Gasteiger partial charge < -0.3 is 21.1 Å². The van der Waals surface area contributed by atoms with Gasteiger partial charge in [-0.3, -0.25) is 9.59 Å². The summed E-state index contributed by atoms with van der Waals surface area (Å²) in [6.45, 7) is 6.37. The molecule has 0 aliphatic carbocycles. The summed E-state index contributed by atoms with van der Waals surface area (Å²) >= 11 is 0. The van der Waals surface area contributed by atoms with Gasteiger partial charge in [-0.1, -0.05) is 20.8 Å². The zero-order valence-corrected chi connectivity index (χ0v) is 12.2. The van der Waals surface area contributed by atoms with Gasteiger partial charge in [0.25, 0.3) is 0 Å². The number of carbonyl (C=O) groups excluding carboxylic acids is 2. The lowest BCUT2D eigenvalue weighted by Crippen LogP contribution is -2.48. The Morgan fingerprint density at radius 2 is 2.10 bits per heavy atom. The smallest absolute Gasteiger partial charge is 0.315 e. The first-order chi connectivity index (χ1) is 9.15. The van der Waals surface area contributed by atoms with Crippen LogP contribution in [-0.4, -0.2) is 41.6 Å². The minimum Gasteiger partial charge on any atom is -0.481 e. The summed E-state index contributed by atoms with van der Waals surface area (Å²) in [4.78, 5) is 33.7. The Kier molecular flexibility index (Phi) is 5.35. The maximum Gasteiger partial charge on any atom is 0.315 e. The first kappa shape index (κ1) is 16.3. The zero-order chi connectivity index (χ0) is 15.3. The summed E-state index contributed by atoms with van der Waals surface area (Å²) in [5.41, 5.74) is -0.0850. The van der Waals surface area contributed by atoms with Crippen molar-refractivity contribution in [2.45, 2.75) is 52.1 Å². The number of urea groups is 1. The summed E-state index contributed by atoms with van der Waals surface area (Å²) in [5.74, 6) is -1.04. The van der Waals surface area contributed by atoms with E-state index in [2.05, 4.69) is 16.0 Å². The number of hydrogen-bond donors (Lipinski definition) is 4. The highest BCUT2D eigenvalue weighted by molar-refractivity contribution is 5.81. The van der Waals surface area contributed by atoms with E-state index in [0.29, 0.717) is 13.0 Å². The van der Waals surface area contributed by atoms with Crippen molar-refractivity contribution in [3.05, 3.63) is 0 Å². The molecular formula is C13H23N3O4. The molecule has 0 spiro atoms. The fraction of sp³-hybridized carbons (Fsp3) is 0.769. The minimum atomic E-state index is -0.947. The predicted molar refractivity (Wildman–Crippen MR) is 73.2 cm³/mol. The van der Waals surface area contributed by atoms with Crippen molar-refractivity contribution in [2.24, 2.45) is 5.41 Å². The van der Waals surface area contributed by atoms with E-state index in [4.69, 9.17) is 5.11 Å².